The first-order valence-corrected chi connectivity index (χ1v) is 7.13. The van der Waals surface area contributed by atoms with Crippen LogP contribution in [0.25, 0.3) is 0 Å². The summed E-state index contributed by atoms with van der Waals surface area (Å²) in [4.78, 5) is 24.9. The van der Waals surface area contributed by atoms with E-state index in [1.165, 1.54) is 29.5 Å². The van der Waals surface area contributed by atoms with E-state index >= 15 is 0 Å². The van der Waals surface area contributed by atoms with Gasteiger partial charge in [-0.15, -0.1) is 11.3 Å². The average Bonchev–Trinajstić information content (AvgIpc) is 2.89. The molecule has 2 aromatic rings. The van der Waals surface area contributed by atoms with Gasteiger partial charge in [0.1, 0.15) is 0 Å². The van der Waals surface area contributed by atoms with Gasteiger partial charge in [-0.25, -0.2) is 4.79 Å². The average molecular weight is 310 g/mol. The van der Waals surface area contributed by atoms with Crippen molar-refractivity contribution in [1.29, 1.82) is 0 Å². The van der Waals surface area contributed by atoms with Crippen LogP contribution in [0, 0.1) is 0 Å². The van der Waals surface area contributed by atoms with Crippen LogP contribution in [0.5, 0.6) is 0 Å². The molecule has 6 heteroatoms. The van der Waals surface area contributed by atoms with Crippen molar-refractivity contribution in [1.82, 2.24) is 0 Å². The maximum Gasteiger partial charge on any atom is 0.337 e. The summed E-state index contributed by atoms with van der Waals surface area (Å²) in [7, 11) is 0. The Morgan fingerprint density at radius 3 is 2.65 bits per heavy atom. The minimum Gasteiger partial charge on any atom is -0.478 e. The van der Waals surface area contributed by atoms with Crippen LogP contribution in [-0.2, 0) is 6.42 Å². The molecule has 104 valence electrons. The molecule has 0 aliphatic carbocycles. The van der Waals surface area contributed by atoms with Gasteiger partial charge in [-0.1, -0.05) is 18.5 Å². The number of carbonyl (C=O) groups is 2. The number of halogens is 1. The molecule has 0 saturated carbocycles. The molecule has 0 aliphatic heterocycles. The maximum absolute atomic E-state index is 12.1. The third-order valence-corrected chi connectivity index (χ3v) is 4.16. The summed E-state index contributed by atoms with van der Waals surface area (Å²) in [5.41, 5.74) is 0.205. The van der Waals surface area contributed by atoms with Crippen LogP contribution in [0.1, 0.15) is 31.8 Å². The number of carbonyl (C=O) groups excluding carboxylic acids is 1. The monoisotopic (exact) mass is 309 g/mol. The summed E-state index contributed by atoms with van der Waals surface area (Å²) in [5.74, 6) is -1.46. The van der Waals surface area contributed by atoms with E-state index < -0.39 is 5.97 Å². The van der Waals surface area contributed by atoms with Crippen molar-refractivity contribution in [2.45, 2.75) is 13.3 Å². The zero-order valence-electron chi connectivity index (χ0n) is 10.6. The summed E-state index contributed by atoms with van der Waals surface area (Å²) in [6.07, 6.45) is 0.860. The zero-order valence-corrected chi connectivity index (χ0v) is 12.2. The topological polar surface area (TPSA) is 66.4 Å². The Kier molecular flexibility index (Phi) is 4.42. The third kappa shape index (κ3) is 3.18. The van der Waals surface area contributed by atoms with E-state index in [9.17, 15) is 9.59 Å². The van der Waals surface area contributed by atoms with Crippen molar-refractivity contribution in [3.8, 4) is 0 Å². The Morgan fingerprint density at radius 2 is 2.05 bits per heavy atom. The largest absolute Gasteiger partial charge is 0.478 e. The van der Waals surface area contributed by atoms with Crippen molar-refractivity contribution < 1.29 is 14.7 Å². The third-order valence-electron chi connectivity index (χ3n) is 2.69. The lowest BCUT2D eigenvalue weighted by atomic mass is 10.2. The summed E-state index contributed by atoms with van der Waals surface area (Å²) >= 11 is 7.15. The normalized spacial score (nSPS) is 10.3. The van der Waals surface area contributed by atoms with Crippen LogP contribution in [0.15, 0.2) is 30.3 Å². The second-order valence-corrected chi connectivity index (χ2v) is 5.67. The molecule has 0 atom stereocenters. The number of aryl methyl sites for hydroxylation is 1. The van der Waals surface area contributed by atoms with E-state index in [2.05, 4.69) is 5.32 Å². The quantitative estimate of drug-likeness (QED) is 0.899. The number of hydrogen-bond acceptors (Lipinski definition) is 3. The molecule has 0 fully saturated rings. The highest BCUT2D eigenvalue weighted by atomic mass is 35.5. The Morgan fingerprint density at radius 1 is 1.30 bits per heavy atom. The molecule has 0 saturated heterocycles. The molecule has 1 aromatic heterocycles. The first-order chi connectivity index (χ1) is 9.51. The molecule has 0 unspecified atom stereocenters. The highest BCUT2D eigenvalue weighted by molar-refractivity contribution is 7.14. The molecule has 2 rings (SSSR count). The van der Waals surface area contributed by atoms with Crippen LogP contribution < -0.4 is 5.32 Å². The van der Waals surface area contributed by atoms with Crippen molar-refractivity contribution in [3.63, 3.8) is 0 Å². The summed E-state index contributed by atoms with van der Waals surface area (Å²) < 4.78 is 0. The summed E-state index contributed by atoms with van der Waals surface area (Å²) in [5, 5.41) is 12.0. The zero-order chi connectivity index (χ0) is 14.7. The number of hydrogen-bond donors (Lipinski definition) is 2. The van der Waals surface area contributed by atoms with Crippen LogP contribution in [0.2, 0.25) is 5.02 Å². The number of amides is 1. The van der Waals surface area contributed by atoms with Gasteiger partial charge in [0.15, 0.2) is 0 Å². The minimum atomic E-state index is -1.14. The molecule has 1 amide bonds. The van der Waals surface area contributed by atoms with Crippen molar-refractivity contribution in [2.75, 3.05) is 5.32 Å². The highest BCUT2D eigenvalue weighted by Gasteiger charge is 2.15. The van der Waals surface area contributed by atoms with E-state index in [0.29, 0.717) is 9.90 Å². The maximum atomic E-state index is 12.1. The molecule has 0 aliphatic rings. The molecule has 0 spiro atoms. The van der Waals surface area contributed by atoms with E-state index in [-0.39, 0.29) is 17.2 Å². The highest BCUT2D eigenvalue weighted by Crippen LogP contribution is 2.23. The number of carboxylic acids is 1. The smallest absolute Gasteiger partial charge is 0.337 e. The lowest BCUT2D eigenvalue weighted by Gasteiger charge is -2.07. The van der Waals surface area contributed by atoms with Crippen LogP contribution in [-0.4, -0.2) is 17.0 Å². The number of thiophene rings is 1. The van der Waals surface area contributed by atoms with Gasteiger partial charge in [0.2, 0.25) is 0 Å². The minimum absolute atomic E-state index is 0.0295. The lowest BCUT2D eigenvalue weighted by Crippen LogP contribution is -2.13. The van der Waals surface area contributed by atoms with Gasteiger partial charge in [-0.2, -0.15) is 0 Å². The predicted octanol–water partition coefficient (Wildman–Crippen LogP) is 3.91. The SMILES string of the molecule is CCc1ccc(C(=O)Nc2ccc(Cl)cc2C(=O)O)s1. The van der Waals surface area contributed by atoms with Crippen LogP contribution >= 0.6 is 22.9 Å². The molecule has 1 aromatic carbocycles. The molecule has 2 N–H and O–H groups in total. The Hall–Kier alpha value is -1.85. The fraction of sp³-hybridized carbons (Fsp3) is 0.143. The van der Waals surface area contributed by atoms with Crippen LogP contribution in [0.3, 0.4) is 0 Å². The van der Waals surface area contributed by atoms with Crippen molar-refractivity contribution >= 4 is 40.5 Å². The number of anilines is 1. The Labute approximate surface area is 125 Å². The Bertz CT molecular complexity index is 666. The van der Waals surface area contributed by atoms with Crippen molar-refractivity contribution in [3.05, 3.63) is 50.7 Å². The van der Waals surface area contributed by atoms with Gasteiger partial charge in [0.25, 0.3) is 5.91 Å². The fourth-order valence-electron chi connectivity index (χ4n) is 1.68. The lowest BCUT2D eigenvalue weighted by molar-refractivity contribution is 0.0698. The second-order valence-electron chi connectivity index (χ2n) is 4.07. The second kappa shape index (κ2) is 6.07. The summed E-state index contributed by atoms with van der Waals surface area (Å²) in [6.45, 7) is 2.01. The molecule has 0 radical (unpaired) electrons. The number of aromatic carboxylic acids is 1. The molecule has 4 nitrogen and oxygen atoms in total. The first-order valence-electron chi connectivity index (χ1n) is 5.94. The van der Waals surface area contributed by atoms with E-state index in [0.717, 1.165) is 11.3 Å². The van der Waals surface area contributed by atoms with Crippen LogP contribution in [0.4, 0.5) is 5.69 Å². The standard InChI is InChI=1S/C14H12ClNO3S/c1-2-9-4-6-12(20-9)13(17)16-11-5-3-8(15)7-10(11)14(18)19/h3-7H,2H2,1H3,(H,16,17)(H,18,19). The number of rotatable bonds is 4. The van der Waals surface area contributed by atoms with Gasteiger partial charge in [-0.3, -0.25) is 4.79 Å². The van der Waals surface area contributed by atoms with Gasteiger partial charge in [0, 0.05) is 9.90 Å². The first kappa shape index (κ1) is 14.6. The molecule has 1 heterocycles. The van der Waals surface area contributed by atoms with E-state index in [4.69, 9.17) is 16.7 Å². The van der Waals surface area contributed by atoms with Gasteiger partial charge in [0.05, 0.1) is 16.1 Å². The van der Waals surface area contributed by atoms with E-state index in [1.807, 2.05) is 13.0 Å². The number of nitrogens with one attached hydrogen (secondary N) is 1. The van der Waals surface area contributed by atoms with Gasteiger partial charge < -0.3 is 10.4 Å². The Balaban J connectivity index is 2.25. The molecular weight excluding hydrogens is 298 g/mol. The molecule has 20 heavy (non-hydrogen) atoms. The van der Waals surface area contributed by atoms with Gasteiger partial charge in [-0.05, 0) is 36.8 Å². The fourth-order valence-corrected chi connectivity index (χ4v) is 2.69. The summed E-state index contributed by atoms with van der Waals surface area (Å²) in [6, 6.07) is 7.95. The molecule has 0 bridgehead atoms. The van der Waals surface area contributed by atoms with Crippen molar-refractivity contribution in [2.24, 2.45) is 0 Å². The molecular formula is C14H12ClNO3S. The predicted molar refractivity (Wildman–Crippen MR) is 80.1 cm³/mol. The number of benzene rings is 1. The van der Waals surface area contributed by atoms with E-state index in [1.54, 1.807) is 6.07 Å². The van der Waals surface area contributed by atoms with Gasteiger partial charge >= 0.3 is 5.97 Å². The number of carboxylic acid groups (broad SMARTS) is 1.